The number of rotatable bonds is 10. The Hall–Kier alpha value is -0.870. The summed E-state index contributed by atoms with van der Waals surface area (Å²) in [6, 6.07) is 0.597. The van der Waals surface area contributed by atoms with Crippen LogP contribution in [-0.2, 0) is 13.1 Å². The molecular weight excluding hydrogens is 248 g/mol. The predicted molar refractivity (Wildman–Crippen MR) is 85.8 cm³/mol. The molecule has 20 heavy (non-hydrogen) atoms. The first kappa shape index (κ1) is 17.2. The third-order valence-electron chi connectivity index (χ3n) is 4.16. The van der Waals surface area contributed by atoms with Crippen molar-refractivity contribution in [2.75, 3.05) is 20.6 Å². The van der Waals surface area contributed by atoms with Gasteiger partial charge in [-0.25, -0.2) is 4.98 Å². The second kappa shape index (κ2) is 9.14. The molecule has 0 aromatic carbocycles. The first-order valence-corrected chi connectivity index (χ1v) is 8.01. The van der Waals surface area contributed by atoms with Crippen LogP contribution in [-0.4, -0.2) is 41.1 Å². The smallest absolute Gasteiger partial charge is 0.122 e. The molecule has 0 aliphatic carbocycles. The number of hydrogen-bond donors (Lipinski definition) is 1. The number of aromatic nitrogens is 2. The van der Waals surface area contributed by atoms with Gasteiger partial charge in [0.15, 0.2) is 0 Å². The van der Waals surface area contributed by atoms with Gasteiger partial charge in [0.05, 0.1) is 6.54 Å². The van der Waals surface area contributed by atoms with E-state index in [0.717, 1.165) is 37.8 Å². The molecule has 1 atom stereocenters. The summed E-state index contributed by atoms with van der Waals surface area (Å²) < 4.78 is 2.24. The molecule has 1 aromatic heterocycles. The maximum absolute atomic E-state index is 4.45. The maximum Gasteiger partial charge on any atom is 0.122 e. The van der Waals surface area contributed by atoms with Crippen molar-refractivity contribution in [3.63, 3.8) is 0 Å². The average molecular weight is 280 g/mol. The van der Waals surface area contributed by atoms with Gasteiger partial charge in [-0.05, 0) is 26.4 Å². The first-order valence-electron chi connectivity index (χ1n) is 8.01. The summed E-state index contributed by atoms with van der Waals surface area (Å²) >= 11 is 0. The van der Waals surface area contributed by atoms with E-state index in [1.165, 1.54) is 12.8 Å². The standard InChI is InChI=1S/C16H32N4/c1-6-10-20-11-9-18-16(20)13-17-12-15(19(4)5)14(7-2)8-3/h9,11,14-15,17H,6-8,10,12-13H2,1-5H3. The van der Waals surface area contributed by atoms with Crippen molar-refractivity contribution >= 4 is 0 Å². The van der Waals surface area contributed by atoms with Crippen LogP contribution in [0.4, 0.5) is 0 Å². The van der Waals surface area contributed by atoms with Crippen molar-refractivity contribution in [3.05, 3.63) is 18.2 Å². The van der Waals surface area contributed by atoms with E-state index in [0.29, 0.717) is 6.04 Å². The van der Waals surface area contributed by atoms with Gasteiger partial charge in [0, 0.05) is 31.5 Å². The summed E-state index contributed by atoms with van der Waals surface area (Å²) in [5.41, 5.74) is 0. The van der Waals surface area contributed by atoms with Gasteiger partial charge in [-0.15, -0.1) is 0 Å². The van der Waals surface area contributed by atoms with Gasteiger partial charge < -0.3 is 14.8 Å². The molecule has 1 heterocycles. The fourth-order valence-corrected chi connectivity index (χ4v) is 2.89. The lowest BCUT2D eigenvalue weighted by atomic mass is 9.93. The fourth-order valence-electron chi connectivity index (χ4n) is 2.89. The SMILES string of the molecule is CCCn1ccnc1CNCC(C(CC)CC)N(C)C. The molecule has 0 fully saturated rings. The molecule has 4 heteroatoms. The number of likely N-dealkylation sites (N-methyl/N-ethyl adjacent to an activating group) is 1. The molecule has 4 nitrogen and oxygen atoms in total. The molecule has 1 aromatic rings. The van der Waals surface area contributed by atoms with E-state index < -0.39 is 0 Å². The Kier molecular flexibility index (Phi) is 7.85. The molecule has 0 spiro atoms. The Bertz CT molecular complexity index is 355. The van der Waals surface area contributed by atoms with Crippen molar-refractivity contribution in [2.24, 2.45) is 5.92 Å². The summed E-state index contributed by atoms with van der Waals surface area (Å²) in [6.07, 6.45) is 7.61. The van der Waals surface area contributed by atoms with Crippen LogP contribution in [0.2, 0.25) is 0 Å². The third-order valence-corrected chi connectivity index (χ3v) is 4.16. The quantitative estimate of drug-likeness (QED) is 0.715. The van der Waals surface area contributed by atoms with E-state index >= 15 is 0 Å². The minimum atomic E-state index is 0.597. The topological polar surface area (TPSA) is 33.1 Å². The predicted octanol–water partition coefficient (Wildman–Crippen LogP) is 2.75. The van der Waals surface area contributed by atoms with Gasteiger partial charge in [0.1, 0.15) is 5.82 Å². The van der Waals surface area contributed by atoms with Gasteiger partial charge in [-0.3, -0.25) is 0 Å². The molecule has 1 N–H and O–H groups in total. The van der Waals surface area contributed by atoms with Crippen LogP contribution in [0.25, 0.3) is 0 Å². The van der Waals surface area contributed by atoms with Crippen molar-refractivity contribution in [1.82, 2.24) is 19.8 Å². The molecule has 0 saturated carbocycles. The van der Waals surface area contributed by atoms with Gasteiger partial charge in [0.25, 0.3) is 0 Å². The summed E-state index contributed by atoms with van der Waals surface area (Å²) in [4.78, 5) is 6.80. The highest BCUT2D eigenvalue weighted by Gasteiger charge is 2.20. The molecule has 1 unspecified atom stereocenters. The highest BCUT2D eigenvalue weighted by molar-refractivity contribution is 4.92. The molecular formula is C16H32N4. The molecule has 0 aliphatic rings. The van der Waals surface area contributed by atoms with Crippen molar-refractivity contribution in [2.45, 2.75) is 59.2 Å². The minimum absolute atomic E-state index is 0.597. The number of nitrogens with zero attached hydrogens (tertiary/aromatic N) is 3. The van der Waals surface area contributed by atoms with Crippen LogP contribution in [0, 0.1) is 5.92 Å². The zero-order valence-electron chi connectivity index (χ0n) is 13.9. The van der Waals surface area contributed by atoms with Gasteiger partial charge in [-0.1, -0.05) is 33.6 Å². The molecule has 116 valence electrons. The Morgan fingerprint density at radius 3 is 2.50 bits per heavy atom. The van der Waals surface area contributed by atoms with Gasteiger partial charge in [0.2, 0.25) is 0 Å². The number of imidazole rings is 1. The molecule has 0 aliphatic heterocycles. The molecule has 1 rings (SSSR count). The lowest BCUT2D eigenvalue weighted by molar-refractivity contribution is 0.193. The maximum atomic E-state index is 4.45. The second-order valence-electron chi connectivity index (χ2n) is 5.78. The second-order valence-corrected chi connectivity index (χ2v) is 5.78. The van der Waals surface area contributed by atoms with E-state index in [4.69, 9.17) is 0 Å². The molecule has 0 bridgehead atoms. The first-order chi connectivity index (χ1) is 9.63. The van der Waals surface area contributed by atoms with E-state index in [9.17, 15) is 0 Å². The van der Waals surface area contributed by atoms with Gasteiger partial charge in [-0.2, -0.15) is 0 Å². The van der Waals surface area contributed by atoms with Crippen LogP contribution in [0.3, 0.4) is 0 Å². The van der Waals surface area contributed by atoms with E-state index in [-0.39, 0.29) is 0 Å². The van der Waals surface area contributed by atoms with Crippen molar-refractivity contribution < 1.29 is 0 Å². The van der Waals surface area contributed by atoms with Crippen LogP contribution >= 0.6 is 0 Å². The highest BCUT2D eigenvalue weighted by Crippen LogP contribution is 2.16. The number of aryl methyl sites for hydroxylation is 1. The van der Waals surface area contributed by atoms with Crippen LogP contribution < -0.4 is 5.32 Å². The Labute approximate surface area is 124 Å². The Morgan fingerprint density at radius 2 is 1.95 bits per heavy atom. The van der Waals surface area contributed by atoms with Crippen molar-refractivity contribution in [3.8, 4) is 0 Å². The zero-order chi connectivity index (χ0) is 15.0. The van der Waals surface area contributed by atoms with Gasteiger partial charge >= 0.3 is 0 Å². The van der Waals surface area contributed by atoms with E-state index in [1.807, 2.05) is 6.20 Å². The van der Waals surface area contributed by atoms with Crippen LogP contribution in [0.15, 0.2) is 12.4 Å². The molecule has 0 amide bonds. The van der Waals surface area contributed by atoms with Crippen LogP contribution in [0.1, 0.15) is 45.9 Å². The monoisotopic (exact) mass is 280 g/mol. The summed E-state index contributed by atoms with van der Waals surface area (Å²) in [5.74, 6) is 1.90. The normalized spacial score (nSPS) is 13.3. The summed E-state index contributed by atoms with van der Waals surface area (Å²) in [6.45, 7) is 9.72. The largest absolute Gasteiger partial charge is 0.334 e. The van der Waals surface area contributed by atoms with Crippen molar-refractivity contribution in [1.29, 1.82) is 0 Å². The average Bonchev–Trinajstić information content (AvgIpc) is 2.86. The Balaban J connectivity index is 2.49. The zero-order valence-corrected chi connectivity index (χ0v) is 13.9. The minimum Gasteiger partial charge on any atom is -0.334 e. The number of nitrogens with one attached hydrogen (secondary N) is 1. The highest BCUT2D eigenvalue weighted by atomic mass is 15.1. The lowest BCUT2D eigenvalue weighted by Gasteiger charge is -2.31. The Morgan fingerprint density at radius 1 is 1.25 bits per heavy atom. The summed E-state index contributed by atoms with van der Waals surface area (Å²) in [5, 5.41) is 3.59. The lowest BCUT2D eigenvalue weighted by Crippen LogP contribution is -2.43. The summed E-state index contributed by atoms with van der Waals surface area (Å²) in [7, 11) is 4.37. The molecule has 0 saturated heterocycles. The third kappa shape index (κ3) is 4.91. The van der Waals surface area contributed by atoms with Crippen LogP contribution in [0.5, 0.6) is 0 Å². The number of hydrogen-bond acceptors (Lipinski definition) is 3. The van der Waals surface area contributed by atoms with E-state index in [2.05, 4.69) is 60.8 Å². The van der Waals surface area contributed by atoms with E-state index in [1.54, 1.807) is 0 Å². The fraction of sp³-hybridized carbons (Fsp3) is 0.812. The molecule has 0 radical (unpaired) electrons.